The molecule has 232 valence electrons. The fraction of sp³-hybridized carbons (Fsp3) is 0.344. The summed E-state index contributed by atoms with van der Waals surface area (Å²) in [4.78, 5) is 40.1. The van der Waals surface area contributed by atoms with E-state index in [1.54, 1.807) is 22.0 Å². The fourth-order valence-corrected chi connectivity index (χ4v) is 5.33. The molecule has 1 aliphatic carbocycles. The molecule has 5 rings (SSSR count). The Labute approximate surface area is 262 Å². The highest BCUT2D eigenvalue weighted by molar-refractivity contribution is 5.91. The molecular formula is C32H37N11O2. The lowest BCUT2D eigenvalue weighted by Crippen LogP contribution is -2.49. The van der Waals surface area contributed by atoms with Crippen LogP contribution in [0.4, 0.5) is 22.4 Å². The standard InChI is InChI=1S/C32H37N11O2/c1-22(44)34-14-15-35-30-25(16-33)19-37-31(41-30)40-27-9-11-28(12-10-27)43(32(45)38-17-23-6-4-3-5-7-23)29-13-8-24(18-36-29)26-20-39-42(2)21-26/h3-8,13,18-21,27-28H,9-12,14-15,17H2,1-2H3,(H,34,44)(H,38,45)(H2,35,37,40,41). The SMILES string of the molecule is CC(=O)NCCNc1nc(NC2CCC(N(C(=O)NCc3ccccc3)c3ccc(-c4cnn(C)c4)cn3)CC2)ncc1C#N. The van der Waals surface area contributed by atoms with Crippen LogP contribution in [0.15, 0.2) is 67.3 Å². The van der Waals surface area contributed by atoms with E-state index in [1.165, 1.54) is 13.1 Å². The number of benzene rings is 1. The highest BCUT2D eigenvalue weighted by atomic mass is 16.2. The van der Waals surface area contributed by atoms with Gasteiger partial charge in [-0.15, -0.1) is 0 Å². The number of carbonyl (C=O) groups is 2. The molecule has 13 nitrogen and oxygen atoms in total. The molecule has 0 atom stereocenters. The molecule has 0 spiro atoms. The van der Waals surface area contributed by atoms with E-state index in [1.807, 2.05) is 55.7 Å². The molecule has 0 radical (unpaired) electrons. The number of hydrogen-bond donors (Lipinski definition) is 4. The molecule has 45 heavy (non-hydrogen) atoms. The molecule has 3 aromatic heterocycles. The first-order chi connectivity index (χ1) is 21.9. The molecule has 1 aromatic carbocycles. The van der Waals surface area contributed by atoms with Crippen molar-refractivity contribution in [2.75, 3.05) is 28.6 Å². The van der Waals surface area contributed by atoms with Gasteiger partial charge in [-0.25, -0.2) is 14.8 Å². The number of pyridine rings is 1. The number of anilines is 3. The average Bonchev–Trinajstić information content (AvgIpc) is 3.50. The van der Waals surface area contributed by atoms with E-state index in [-0.39, 0.29) is 24.0 Å². The van der Waals surface area contributed by atoms with Crippen LogP contribution in [0.3, 0.4) is 0 Å². The topological polar surface area (TPSA) is 166 Å². The number of rotatable bonds is 11. The molecule has 0 unspecified atom stereocenters. The Morgan fingerprint density at radius 2 is 1.78 bits per heavy atom. The molecule has 0 bridgehead atoms. The molecule has 1 fully saturated rings. The number of urea groups is 1. The third kappa shape index (κ3) is 8.32. The number of nitrogens with zero attached hydrogens (tertiary/aromatic N) is 7. The molecule has 0 saturated heterocycles. The van der Waals surface area contributed by atoms with Gasteiger partial charge in [-0.3, -0.25) is 14.4 Å². The largest absolute Gasteiger partial charge is 0.367 e. The lowest BCUT2D eigenvalue weighted by Gasteiger charge is -2.36. The third-order valence-electron chi connectivity index (χ3n) is 7.63. The highest BCUT2D eigenvalue weighted by Crippen LogP contribution is 2.29. The van der Waals surface area contributed by atoms with Crippen molar-refractivity contribution in [3.05, 3.63) is 78.4 Å². The predicted molar refractivity (Wildman–Crippen MR) is 171 cm³/mol. The van der Waals surface area contributed by atoms with Crippen molar-refractivity contribution >= 4 is 29.5 Å². The zero-order valence-corrected chi connectivity index (χ0v) is 25.4. The number of nitriles is 1. The first-order valence-electron chi connectivity index (χ1n) is 15.0. The summed E-state index contributed by atoms with van der Waals surface area (Å²) in [7, 11) is 1.87. The predicted octanol–water partition coefficient (Wildman–Crippen LogP) is 3.83. The van der Waals surface area contributed by atoms with Gasteiger partial charge in [-0.1, -0.05) is 30.3 Å². The second-order valence-electron chi connectivity index (χ2n) is 10.9. The monoisotopic (exact) mass is 607 g/mol. The Morgan fingerprint density at radius 3 is 2.44 bits per heavy atom. The van der Waals surface area contributed by atoms with Gasteiger partial charge in [0.05, 0.1) is 12.4 Å². The van der Waals surface area contributed by atoms with E-state index in [2.05, 4.69) is 42.4 Å². The molecule has 0 aliphatic heterocycles. The summed E-state index contributed by atoms with van der Waals surface area (Å²) >= 11 is 0. The first kappa shape index (κ1) is 30.9. The molecular weight excluding hydrogens is 570 g/mol. The summed E-state index contributed by atoms with van der Waals surface area (Å²) in [5, 5.41) is 26.0. The Balaban J connectivity index is 1.25. The molecule has 3 amide bonds. The van der Waals surface area contributed by atoms with Crippen molar-refractivity contribution in [1.82, 2.24) is 35.4 Å². The van der Waals surface area contributed by atoms with E-state index >= 15 is 0 Å². The first-order valence-corrected chi connectivity index (χ1v) is 15.0. The lowest BCUT2D eigenvalue weighted by atomic mass is 9.90. The molecule has 1 aliphatic rings. The van der Waals surface area contributed by atoms with E-state index < -0.39 is 0 Å². The van der Waals surface area contributed by atoms with Gasteiger partial charge in [-0.05, 0) is 43.4 Å². The number of hydrogen-bond acceptors (Lipinski definition) is 9. The molecule has 3 heterocycles. The molecule has 13 heteroatoms. The van der Waals surface area contributed by atoms with Crippen LogP contribution in [0.1, 0.15) is 43.7 Å². The summed E-state index contributed by atoms with van der Waals surface area (Å²) in [6.07, 6.45) is 10.1. The van der Waals surface area contributed by atoms with Crippen LogP contribution in [-0.2, 0) is 18.4 Å². The zero-order valence-electron chi connectivity index (χ0n) is 25.4. The van der Waals surface area contributed by atoms with Crippen LogP contribution in [0, 0.1) is 11.3 Å². The minimum atomic E-state index is -0.192. The normalized spacial score (nSPS) is 15.8. The van der Waals surface area contributed by atoms with E-state index in [9.17, 15) is 14.9 Å². The van der Waals surface area contributed by atoms with Gasteiger partial charge in [-0.2, -0.15) is 15.3 Å². The Kier molecular flexibility index (Phi) is 10.2. The van der Waals surface area contributed by atoms with E-state index in [4.69, 9.17) is 4.98 Å². The van der Waals surface area contributed by atoms with Gasteiger partial charge in [0.25, 0.3) is 0 Å². The summed E-state index contributed by atoms with van der Waals surface area (Å²) in [5.74, 6) is 1.30. The number of carbonyl (C=O) groups excluding carboxylic acids is 2. The molecule has 4 aromatic rings. The minimum absolute atomic E-state index is 0.0524. The Hall–Kier alpha value is -5.51. The maximum absolute atomic E-state index is 13.7. The van der Waals surface area contributed by atoms with Crippen molar-refractivity contribution in [3.63, 3.8) is 0 Å². The van der Waals surface area contributed by atoms with Crippen molar-refractivity contribution < 1.29 is 9.59 Å². The highest BCUT2D eigenvalue weighted by Gasteiger charge is 2.31. The zero-order chi connectivity index (χ0) is 31.6. The van der Waals surface area contributed by atoms with Crippen molar-refractivity contribution in [3.8, 4) is 17.2 Å². The summed E-state index contributed by atoms with van der Waals surface area (Å²) < 4.78 is 1.74. The lowest BCUT2D eigenvalue weighted by molar-refractivity contribution is -0.118. The number of nitrogens with one attached hydrogen (secondary N) is 4. The number of aromatic nitrogens is 5. The summed E-state index contributed by atoms with van der Waals surface area (Å²) in [6.45, 7) is 2.70. The minimum Gasteiger partial charge on any atom is -0.367 e. The third-order valence-corrected chi connectivity index (χ3v) is 7.63. The van der Waals surface area contributed by atoms with Gasteiger partial charge in [0.2, 0.25) is 11.9 Å². The van der Waals surface area contributed by atoms with Gasteiger partial charge in [0.1, 0.15) is 23.3 Å². The number of aryl methyl sites for hydroxylation is 1. The second-order valence-corrected chi connectivity index (χ2v) is 10.9. The van der Waals surface area contributed by atoms with Crippen molar-refractivity contribution in [2.45, 2.75) is 51.2 Å². The van der Waals surface area contributed by atoms with Gasteiger partial charge in [0, 0.05) is 69.2 Å². The molecule has 4 N–H and O–H groups in total. The second kappa shape index (κ2) is 14.8. The van der Waals surface area contributed by atoms with E-state index in [0.717, 1.165) is 42.4 Å². The Morgan fingerprint density at radius 1 is 0.978 bits per heavy atom. The average molecular weight is 608 g/mol. The van der Waals surface area contributed by atoms with Crippen LogP contribution >= 0.6 is 0 Å². The van der Waals surface area contributed by atoms with Gasteiger partial charge < -0.3 is 21.3 Å². The van der Waals surface area contributed by atoms with Crippen LogP contribution in [0.2, 0.25) is 0 Å². The van der Waals surface area contributed by atoms with Gasteiger partial charge >= 0.3 is 6.03 Å². The maximum atomic E-state index is 13.7. The maximum Gasteiger partial charge on any atom is 0.323 e. The number of amides is 3. The quantitative estimate of drug-likeness (QED) is 0.185. The van der Waals surface area contributed by atoms with Crippen molar-refractivity contribution in [1.29, 1.82) is 5.26 Å². The Bertz CT molecular complexity index is 1630. The summed E-state index contributed by atoms with van der Waals surface area (Å²) in [5.41, 5.74) is 3.23. The smallest absolute Gasteiger partial charge is 0.323 e. The van der Waals surface area contributed by atoms with Crippen molar-refractivity contribution in [2.24, 2.45) is 7.05 Å². The molecule has 1 saturated carbocycles. The van der Waals surface area contributed by atoms with Crippen LogP contribution in [-0.4, -0.2) is 61.8 Å². The van der Waals surface area contributed by atoms with Crippen LogP contribution < -0.4 is 26.2 Å². The summed E-state index contributed by atoms with van der Waals surface area (Å²) in [6, 6.07) is 15.6. The van der Waals surface area contributed by atoms with Crippen LogP contribution in [0.25, 0.3) is 11.1 Å². The van der Waals surface area contributed by atoms with E-state index in [0.29, 0.717) is 42.8 Å². The van der Waals surface area contributed by atoms with Gasteiger partial charge in [0.15, 0.2) is 0 Å². The fourth-order valence-electron chi connectivity index (χ4n) is 5.33. The van der Waals surface area contributed by atoms with Crippen LogP contribution in [0.5, 0.6) is 0 Å².